The van der Waals surface area contributed by atoms with Gasteiger partial charge in [-0.2, -0.15) is 0 Å². The van der Waals surface area contributed by atoms with Gasteiger partial charge in [-0.15, -0.1) is 0 Å². The molecule has 5 nitrogen and oxygen atoms in total. The van der Waals surface area contributed by atoms with Gasteiger partial charge >= 0.3 is 0 Å². The van der Waals surface area contributed by atoms with Gasteiger partial charge in [0, 0.05) is 30.5 Å². The highest BCUT2D eigenvalue weighted by atomic mass is 16.2. The van der Waals surface area contributed by atoms with Crippen LogP contribution in [0, 0.1) is 13.8 Å². The number of aryl methyl sites for hydroxylation is 2. The van der Waals surface area contributed by atoms with E-state index in [2.05, 4.69) is 57.1 Å². The Morgan fingerprint density at radius 3 is 2.71 bits per heavy atom. The summed E-state index contributed by atoms with van der Waals surface area (Å²) in [7, 11) is 0. The van der Waals surface area contributed by atoms with E-state index in [-0.39, 0.29) is 5.91 Å². The summed E-state index contributed by atoms with van der Waals surface area (Å²) in [6.07, 6.45) is 7.25. The van der Waals surface area contributed by atoms with Gasteiger partial charge in [-0.25, -0.2) is 4.98 Å². The van der Waals surface area contributed by atoms with Crippen molar-refractivity contribution in [1.29, 1.82) is 0 Å². The summed E-state index contributed by atoms with van der Waals surface area (Å²) >= 11 is 0. The first-order chi connectivity index (χ1) is 13.6. The van der Waals surface area contributed by atoms with Crippen LogP contribution >= 0.6 is 0 Å². The predicted octanol–water partition coefficient (Wildman–Crippen LogP) is 3.37. The third-order valence-electron chi connectivity index (χ3n) is 6.16. The maximum Gasteiger partial charge on any atom is 0.254 e. The van der Waals surface area contributed by atoms with Crippen molar-refractivity contribution in [2.24, 2.45) is 0 Å². The monoisotopic (exact) mass is 374 g/mol. The number of fused-ring (bicyclic) bond motifs is 2. The maximum atomic E-state index is 13.1. The highest BCUT2D eigenvalue weighted by Gasteiger charge is 2.30. The summed E-state index contributed by atoms with van der Waals surface area (Å²) in [5, 5.41) is 3.39. The Morgan fingerprint density at radius 1 is 1.07 bits per heavy atom. The smallest absolute Gasteiger partial charge is 0.254 e. The molecular formula is C23H26N4O. The number of nitrogens with one attached hydrogen (secondary N) is 1. The number of aromatic nitrogens is 2. The minimum absolute atomic E-state index is 0.205. The highest BCUT2D eigenvalue weighted by Crippen LogP contribution is 2.29. The van der Waals surface area contributed by atoms with Crippen molar-refractivity contribution >= 4 is 11.6 Å². The second-order valence-electron chi connectivity index (χ2n) is 8.13. The van der Waals surface area contributed by atoms with E-state index in [0.29, 0.717) is 6.04 Å². The van der Waals surface area contributed by atoms with Crippen molar-refractivity contribution in [3.8, 4) is 11.1 Å². The lowest BCUT2D eigenvalue weighted by Gasteiger charge is -2.37. The molecule has 0 spiro atoms. The second-order valence-corrected chi connectivity index (χ2v) is 8.13. The second kappa shape index (κ2) is 6.74. The summed E-state index contributed by atoms with van der Waals surface area (Å²) in [6.45, 7) is 6.97. The number of benzene rings is 1. The topological polar surface area (TPSA) is 49.6 Å². The van der Waals surface area contributed by atoms with Gasteiger partial charge in [-0.3, -0.25) is 4.79 Å². The van der Waals surface area contributed by atoms with Crippen LogP contribution in [0.15, 0.2) is 36.7 Å². The van der Waals surface area contributed by atoms with Crippen molar-refractivity contribution in [3.63, 3.8) is 0 Å². The highest BCUT2D eigenvalue weighted by molar-refractivity contribution is 5.97. The molecule has 5 heteroatoms. The van der Waals surface area contributed by atoms with Gasteiger partial charge in [-0.1, -0.05) is 12.1 Å². The van der Waals surface area contributed by atoms with Crippen molar-refractivity contribution in [2.45, 2.75) is 39.2 Å². The number of rotatable bonds is 2. The average molecular weight is 374 g/mol. The molecule has 2 aliphatic rings. The Balaban J connectivity index is 1.48. The minimum Gasteiger partial charge on any atom is -0.335 e. The zero-order valence-electron chi connectivity index (χ0n) is 16.5. The Hall–Kier alpha value is -2.66. The molecule has 4 heterocycles. The molecular weight excluding hydrogens is 348 g/mol. The Labute approximate surface area is 165 Å². The SMILES string of the molecule is Cc1cn2cc(-c3ccc4c(c3)CCN(C3CCNCC3)C4=O)cc(C)c2n1. The van der Waals surface area contributed by atoms with E-state index in [9.17, 15) is 4.79 Å². The molecule has 2 aromatic heterocycles. The minimum atomic E-state index is 0.205. The molecule has 1 fully saturated rings. The fourth-order valence-corrected chi connectivity index (χ4v) is 4.70. The van der Waals surface area contributed by atoms with Gasteiger partial charge < -0.3 is 14.6 Å². The Morgan fingerprint density at radius 2 is 1.89 bits per heavy atom. The summed E-state index contributed by atoms with van der Waals surface area (Å²) in [5.41, 5.74) is 7.58. The largest absolute Gasteiger partial charge is 0.335 e. The van der Waals surface area contributed by atoms with Crippen molar-refractivity contribution < 1.29 is 4.79 Å². The van der Waals surface area contributed by atoms with Gasteiger partial charge in [0.2, 0.25) is 0 Å². The first-order valence-electron chi connectivity index (χ1n) is 10.2. The van der Waals surface area contributed by atoms with E-state index in [1.807, 2.05) is 13.0 Å². The molecule has 28 heavy (non-hydrogen) atoms. The summed E-state index contributed by atoms with van der Waals surface area (Å²) in [5.74, 6) is 0.205. The number of hydrogen-bond donors (Lipinski definition) is 1. The number of amides is 1. The van der Waals surface area contributed by atoms with Crippen LogP contribution in [0.1, 0.15) is 40.0 Å². The van der Waals surface area contributed by atoms with E-state index in [1.54, 1.807) is 0 Å². The van der Waals surface area contributed by atoms with Gasteiger partial charge in [-0.05, 0) is 80.6 Å². The first kappa shape index (κ1) is 17.4. The molecule has 1 saturated heterocycles. The Bertz CT molecular complexity index is 1060. The van der Waals surface area contributed by atoms with Gasteiger partial charge in [0.1, 0.15) is 5.65 Å². The van der Waals surface area contributed by atoms with Gasteiger partial charge in [0.05, 0.1) is 5.69 Å². The molecule has 2 aliphatic heterocycles. The van der Waals surface area contributed by atoms with Gasteiger partial charge in [0.25, 0.3) is 5.91 Å². The van der Waals surface area contributed by atoms with Crippen LogP contribution in [-0.2, 0) is 6.42 Å². The van der Waals surface area contributed by atoms with Crippen molar-refractivity contribution in [3.05, 3.63) is 59.0 Å². The molecule has 1 aromatic carbocycles. The number of nitrogens with zero attached hydrogens (tertiary/aromatic N) is 3. The number of carbonyl (C=O) groups is 1. The molecule has 0 atom stereocenters. The predicted molar refractivity (Wildman–Crippen MR) is 111 cm³/mol. The maximum absolute atomic E-state index is 13.1. The van der Waals surface area contributed by atoms with Crippen LogP contribution in [0.5, 0.6) is 0 Å². The number of piperidine rings is 1. The molecule has 0 radical (unpaired) electrons. The molecule has 0 saturated carbocycles. The van der Waals surface area contributed by atoms with E-state index < -0.39 is 0 Å². The van der Waals surface area contributed by atoms with Crippen molar-refractivity contribution in [1.82, 2.24) is 19.6 Å². The first-order valence-corrected chi connectivity index (χ1v) is 10.2. The normalized spacial score (nSPS) is 17.9. The molecule has 0 bridgehead atoms. The molecule has 1 N–H and O–H groups in total. The van der Waals surface area contributed by atoms with Crippen LogP contribution < -0.4 is 5.32 Å². The molecule has 0 unspecified atom stereocenters. The van der Waals surface area contributed by atoms with E-state index >= 15 is 0 Å². The van der Waals surface area contributed by atoms with Crippen LogP contribution in [-0.4, -0.2) is 45.9 Å². The third kappa shape index (κ3) is 2.90. The summed E-state index contributed by atoms with van der Waals surface area (Å²) in [6, 6.07) is 8.90. The number of pyridine rings is 1. The number of imidazole rings is 1. The van der Waals surface area contributed by atoms with Crippen molar-refractivity contribution in [2.75, 3.05) is 19.6 Å². The molecule has 3 aromatic rings. The molecule has 1 amide bonds. The molecule has 144 valence electrons. The fraction of sp³-hybridized carbons (Fsp3) is 0.391. The lowest BCUT2D eigenvalue weighted by molar-refractivity contribution is 0.0624. The van der Waals surface area contributed by atoms with Gasteiger partial charge in [0.15, 0.2) is 0 Å². The molecule has 0 aliphatic carbocycles. The zero-order chi connectivity index (χ0) is 19.3. The molecule has 5 rings (SSSR count). The lowest BCUT2D eigenvalue weighted by atomic mass is 9.92. The Kier molecular flexibility index (Phi) is 4.20. The van der Waals surface area contributed by atoms with Crippen LogP contribution in [0.2, 0.25) is 0 Å². The average Bonchev–Trinajstić information content (AvgIpc) is 3.09. The van der Waals surface area contributed by atoms with Crippen LogP contribution in [0.3, 0.4) is 0 Å². The van der Waals surface area contributed by atoms with Crippen LogP contribution in [0.25, 0.3) is 16.8 Å². The number of carbonyl (C=O) groups excluding carboxylic acids is 1. The zero-order valence-corrected chi connectivity index (χ0v) is 16.5. The lowest BCUT2D eigenvalue weighted by Crippen LogP contribution is -2.49. The number of hydrogen-bond acceptors (Lipinski definition) is 3. The van der Waals surface area contributed by atoms with Crippen LogP contribution in [0.4, 0.5) is 0 Å². The quantitative estimate of drug-likeness (QED) is 0.748. The van der Waals surface area contributed by atoms with E-state index in [1.165, 1.54) is 16.7 Å². The summed E-state index contributed by atoms with van der Waals surface area (Å²) < 4.78 is 2.10. The third-order valence-corrected chi connectivity index (χ3v) is 6.16. The standard InChI is InChI=1S/C23H26N4O/c1-15-11-19(14-26-13-16(2)25-22(15)26)17-3-4-21-18(12-17)7-10-27(23(21)28)20-5-8-24-9-6-20/h3-4,11-14,20,24H,5-10H2,1-2H3. The summed E-state index contributed by atoms with van der Waals surface area (Å²) in [4.78, 5) is 19.8. The van der Waals surface area contributed by atoms with E-state index in [4.69, 9.17) is 0 Å². The fourth-order valence-electron chi connectivity index (χ4n) is 4.70. The van der Waals surface area contributed by atoms with E-state index in [0.717, 1.165) is 61.4 Å².